The highest BCUT2D eigenvalue weighted by Crippen LogP contribution is 2.37. The van der Waals surface area contributed by atoms with E-state index in [1.54, 1.807) is 12.0 Å². The monoisotopic (exact) mass is 307 g/mol. The van der Waals surface area contributed by atoms with E-state index in [9.17, 15) is 9.90 Å². The number of amides is 1. The van der Waals surface area contributed by atoms with Crippen molar-refractivity contribution in [3.63, 3.8) is 0 Å². The second kappa shape index (κ2) is 6.57. The molecule has 1 aromatic carbocycles. The van der Waals surface area contributed by atoms with E-state index in [2.05, 4.69) is 0 Å². The summed E-state index contributed by atoms with van der Waals surface area (Å²) in [5, 5.41) is 9.56. The number of benzene rings is 1. The normalized spacial score (nSPS) is 21.8. The highest BCUT2D eigenvalue weighted by Gasteiger charge is 2.39. The van der Waals surface area contributed by atoms with Crippen molar-refractivity contribution in [1.82, 2.24) is 4.90 Å². The van der Waals surface area contributed by atoms with Crippen LogP contribution in [0.4, 0.5) is 4.79 Å². The molecule has 0 radical (unpaired) electrons. The van der Waals surface area contributed by atoms with Gasteiger partial charge in [0.25, 0.3) is 0 Å². The van der Waals surface area contributed by atoms with Crippen LogP contribution in [0.2, 0.25) is 0 Å². The van der Waals surface area contributed by atoms with Crippen molar-refractivity contribution in [1.29, 1.82) is 0 Å². The standard InChI is InChI=1S/C17H25NO4/c1-17(2,3)22-16(20)18-13(11-19)7-10-15(18)12-5-8-14(21-4)9-6-12/h5-6,8-9,13,15,19H,7,10-11H2,1-4H3/t13-,15-/m1/s1. The maximum atomic E-state index is 12.5. The molecule has 0 bridgehead atoms. The summed E-state index contributed by atoms with van der Waals surface area (Å²) in [6.45, 7) is 5.48. The van der Waals surface area contributed by atoms with Gasteiger partial charge in [0.1, 0.15) is 11.4 Å². The second-order valence-electron chi connectivity index (χ2n) is 6.59. The smallest absolute Gasteiger partial charge is 0.411 e. The molecule has 1 aliphatic heterocycles. The largest absolute Gasteiger partial charge is 0.497 e. The van der Waals surface area contributed by atoms with Crippen molar-refractivity contribution < 1.29 is 19.4 Å². The Morgan fingerprint density at radius 2 is 1.91 bits per heavy atom. The van der Waals surface area contributed by atoms with Gasteiger partial charge >= 0.3 is 6.09 Å². The number of aliphatic hydroxyl groups is 1. The number of methoxy groups -OCH3 is 1. The van der Waals surface area contributed by atoms with Crippen molar-refractivity contribution in [3.8, 4) is 5.75 Å². The number of rotatable bonds is 3. The number of hydrogen-bond acceptors (Lipinski definition) is 4. The van der Waals surface area contributed by atoms with Crippen molar-refractivity contribution in [2.24, 2.45) is 0 Å². The zero-order chi connectivity index (χ0) is 16.3. The number of hydrogen-bond donors (Lipinski definition) is 1. The van der Waals surface area contributed by atoms with Gasteiger partial charge in [0.2, 0.25) is 0 Å². The number of carbonyl (C=O) groups excluding carboxylic acids is 1. The van der Waals surface area contributed by atoms with E-state index >= 15 is 0 Å². The Morgan fingerprint density at radius 1 is 1.27 bits per heavy atom. The molecule has 1 fully saturated rings. The molecule has 2 atom stereocenters. The highest BCUT2D eigenvalue weighted by atomic mass is 16.6. The predicted octanol–water partition coefficient (Wildman–Crippen LogP) is 3.13. The number of carbonyl (C=O) groups is 1. The highest BCUT2D eigenvalue weighted by molar-refractivity contribution is 5.70. The van der Waals surface area contributed by atoms with E-state index in [1.165, 1.54) is 0 Å². The van der Waals surface area contributed by atoms with Gasteiger partial charge in [0.15, 0.2) is 0 Å². The Hall–Kier alpha value is -1.75. The van der Waals surface area contributed by atoms with E-state index in [1.807, 2.05) is 45.0 Å². The third-order valence-corrected chi connectivity index (χ3v) is 3.82. The molecular weight excluding hydrogens is 282 g/mol. The molecular formula is C17H25NO4. The van der Waals surface area contributed by atoms with Gasteiger partial charge in [-0.25, -0.2) is 4.79 Å². The summed E-state index contributed by atoms with van der Waals surface area (Å²) in [4.78, 5) is 14.2. The van der Waals surface area contributed by atoms with Gasteiger partial charge in [-0.15, -0.1) is 0 Å². The summed E-state index contributed by atoms with van der Waals surface area (Å²) >= 11 is 0. The average molecular weight is 307 g/mol. The molecule has 122 valence electrons. The minimum absolute atomic E-state index is 0.0497. The zero-order valence-electron chi connectivity index (χ0n) is 13.7. The molecule has 5 nitrogen and oxygen atoms in total. The topological polar surface area (TPSA) is 59.0 Å². The van der Waals surface area contributed by atoms with Crippen LogP contribution < -0.4 is 4.74 Å². The summed E-state index contributed by atoms with van der Waals surface area (Å²) in [7, 11) is 1.62. The maximum Gasteiger partial charge on any atom is 0.411 e. The van der Waals surface area contributed by atoms with Crippen LogP contribution >= 0.6 is 0 Å². The fourth-order valence-electron chi connectivity index (χ4n) is 2.81. The van der Waals surface area contributed by atoms with Gasteiger partial charge in [-0.05, 0) is 51.3 Å². The molecule has 1 aliphatic rings. The fourth-order valence-corrected chi connectivity index (χ4v) is 2.81. The molecule has 1 heterocycles. The number of aliphatic hydroxyl groups excluding tert-OH is 1. The SMILES string of the molecule is COc1ccc([C@H]2CC[C@H](CO)N2C(=O)OC(C)(C)C)cc1. The maximum absolute atomic E-state index is 12.5. The lowest BCUT2D eigenvalue weighted by Gasteiger charge is -2.32. The van der Waals surface area contributed by atoms with Crippen LogP contribution in [0, 0.1) is 0 Å². The lowest BCUT2D eigenvalue weighted by Crippen LogP contribution is -2.42. The second-order valence-corrected chi connectivity index (χ2v) is 6.59. The zero-order valence-corrected chi connectivity index (χ0v) is 13.7. The van der Waals surface area contributed by atoms with Crippen LogP contribution in [-0.2, 0) is 4.74 Å². The minimum Gasteiger partial charge on any atom is -0.497 e. The van der Waals surface area contributed by atoms with Gasteiger partial charge < -0.3 is 14.6 Å². The van der Waals surface area contributed by atoms with E-state index in [4.69, 9.17) is 9.47 Å². The molecule has 1 N–H and O–H groups in total. The Bertz CT molecular complexity index is 506. The first kappa shape index (κ1) is 16.6. The molecule has 5 heteroatoms. The molecule has 22 heavy (non-hydrogen) atoms. The third kappa shape index (κ3) is 3.71. The summed E-state index contributed by atoms with van der Waals surface area (Å²) in [5.74, 6) is 0.782. The summed E-state index contributed by atoms with van der Waals surface area (Å²) in [5.41, 5.74) is 0.479. The molecule has 0 spiro atoms. The Balaban J connectivity index is 2.22. The quantitative estimate of drug-likeness (QED) is 0.932. The van der Waals surface area contributed by atoms with E-state index in [0.29, 0.717) is 0 Å². The minimum atomic E-state index is -0.551. The summed E-state index contributed by atoms with van der Waals surface area (Å²) < 4.78 is 10.7. The van der Waals surface area contributed by atoms with Crippen LogP contribution in [0.15, 0.2) is 24.3 Å². The fraction of sp³-hybridized carbons (Fsp3) is 0.588. The number of ether oxygens (including phenoxy) is 2. The Morgan fingerprint density at radius 3 is 2.41 bits per heavy atom. The molecule has 2 rings (SSSR count). The molecule has 0 aromatic heterocycles. The van der Waals surface area contributed by atoms with E-state index in [0.717, 1.165) is 24.2 Å². The average Bonchev–Trinajstić information content (AvgIpc) is 2.89. The van der Waals surface area contributed by atoms with Crippen LogP contribution in [-0.4, -0.2) is 41.5 Å². The molecule has 0 aliphatic carbocycles. The van der Waals surface area contributed by atoms with Gasteiger partial charge in [0.05, 0.1) is 25.8 Å². The summed E-state index contributed by atoms with van der Waals surface area (Å²) in [6.07, 6.45) is 1.22. The number of likely N-dealkylation sites (tertiary alicyclic amines) is 1. The van der Waals surface area contributed by atoms with E-state index in [-0.39, 0.29) is 24.8 Å². The first-order valence-corrected chi connectivity index (χ1v) is 7.62. The van der Waals surface area contributed by atoms with Gasteiger partial charge in [-0.1, -0.05) is 12.1 Å². The first-order chi connectivity index (χ1) is 10.4. The van der Waals surface area contributed by atoms with E-state index < -0.39 is 5.60 Å². The molecule has 0 unspecified atom stereocenters. The van der Waals surface area contributed by atoms with Crippen LogP contribution in [0.1, 0.15) is 45.2 Å². The van der Waals surface area contributed by atoms with Crippen LogP contribution in [0.5, 0.6) is 5.75 Å². The van der Waals surface area contributed by atoms with Crippen molar-refractivity contribution >= 4 is 6.09 Å². The Labute approximate surface area is 131 Å². The number of nitrogens with zero attached hydrogens (tertiary/aromatic N) is 1. The van der Waals surface area contributed by atoms with Crippen LogP contribution in [0.25, 0.3) is 0 Å². The Kier molecular flexibility index (Phi) is 4.96. The van der Waals surface area contributed by atoms with Crippen molar-refractivity contribution in [2.45, 2.75) is 51.3 Å². The van der Waals surface area contributed by atoms with Crippen molar-refractivity contribution in [2.75, 3.05) is 13.7 Å². The lowest BCUT2D eigenvalue weighted by atomic mass is 10.0. The lowest BCUT2D eigenvalue weighted by molar-refractivity contribution is 0.00869. The molecule has 1 amide bonds. The van der Waals surface area contributed by atoms with Gasteiger partial charge in [-0.3, -0.25) is 4.90 Å². The molecule has 1 aromatic rings. The van der Waals surface area contributed by atoms with Crippen LogP contribution in [0.3, 0.4) is 0 Å². The van der Waals surface area contributed by atoms with Gasteiger partial charge in [0, 0.05) is 0 Å². The summed E-state index contributed by atoms with van der Waals surface area (Å²) in [6, 6.07) is 7.42. The predicted molar refractivity (Wildman–Crippen MR) is 83.9 cm³/mol. The van der Waals surface area contributed by atoms with Crippen molar-refractivity contribution in [3.05, 3.63) is 29.8 Å². The van der Waals surface area contributed by atoms with Gasteiger partial charge in [-0.2, -0.15) is 0 Å². The molecule has 0 saturated carbocycles. The third-order valence-electron chi connectivity index (χ3n) is 3.82. The molecule has 1 saturated heterocycles. The first-order valence-electron chi connectivity index (χ1n) is 7.62.